The maximum absolute atomic E-state index is 12.5. The Balaban J connectivity index is 2.77. The molecule has 0 bridgehead atoms. The zero-order valence-corrected chi connectivity index (χ0v) is 10.7. The number of aliphatic hydroxyl groups excluding tert-OH is 1. The highest BCUT2D eigenvalue weighted by atomic mass is 32.2. The average Bonchev–Trinajstić information content (AvgIpc) is 2.29. The molecule has 0 radical (unpaired) electrons. The molecule has 1 heterocycles. The molecule has 0 aromatic carbocycles. The van der Waals surface area contributed by atoms with E-state index in [1.807, 2.05) is 6.26 Å². The second-order valence-electron chi connectivity index (χ2n) is 3.71. The van der Waals surface area contributed by atoms with E-state index in [1.165, 1.54) is 12.1 Å². The number of nitrogens with one attached hydrogen (secondary N) is 1. The van der Waals surface area contributed by atoms with Gasteiger partial charge in [0.25, 0.3) is 0 Å². The molecule has 0 fully saturated rings. The van der Waals surface area contributed by atoms with Crippen molar-refractivity contribution in [3.8, 4) is 0 Å². The minimum atomic E-state index is -4.44. The molecule has 0 spiro atoms. The van der Waals surface area contributed by atoms with E-state index < -0.39 is 11.9 Å². The molecule has 0 aliphatic rings. The molecule has 0 saturated heterocycles. The lowest BCUT2D eigenvalue weighted by Crippen LogP contribution is -2.24. The summed E-state index contributed by atoms with van der Waals surface area (Å²) in [6, 6.07) is 3.63. The van der Waals surface area contributed by atoms with Crippen molar-refractivity contribution in [1.82, 2.24) is 4.98 Å². The lowest BCUT2D eigenvalue weighted by atomic mass is 10.2. The summed E-state index contributed by atoms with van der Waals surface area (Å²) in [5, 5.41) is 11.8. The number of rotatable bonds is 6. The number of thioether (sulfide) groups is 1. The molecule has 2 N–H and O–H groups in total. The number of anilines is 1. The number of hydrogen-bond acceptors (Lipinski definition) is 4. The van der Waals surface area contributed by atoms with E-state index in [4.69, 9.17) is 5.11 Å². The van der Waals surface area contributed by atoms with Crippen LogP contribution in [0.3, 0.4) is 0 Å². The third-order valence-corrected chi connectivity index (χ3v) is 2.97. The molecule has 0 saturated carbocycles. The fourth-order valence-corrected chi connectivity index (χ4v) is 2.09. The maximum Gasteiger partial charge on any atom is 0.433 e. The summed E-state index contributed by atoms with van der Waals surface area (Å²) < 4.78 is 37.4. The first-order valence-electron chi connectivity index (χ1n) is 5.38. The lowest BCUT2D eigenvalue weighted by Gasteiger charge is -2.18. The van der Waals surface area contributed by atoms with Gasteiger partial charge in [0.15, 0.2) is 0 Å². The Morgan fingerprint density at radius 2 is 2.17 bits per heavy atom. The van der Waals surface area contributed by atoms with E-state index in [2.05, 4.69) is 10.3 Å². The Hall–Kier alpha value is -0.950. The third-order valence-electron chi connectivity index (χ3n) is 2.24. The van der Waals surface area contributed by atoms with Crippen molar-refractivity contribution in [2.75, 3.05) is 23.9 Å². The van der Waals surface area contributed by atoms with Gasteiger partial charge in [-0.25, -0.2) is 4.98 Å². The summed E-state index contributed by atoms with van der Waals surface area (Å²) in [6.07, 6.45) is -2.08. The molecule has 18 heavy (non-hydrogen) atoms. The Labute approximate surface area is 108 Å². The normalized spacial score (nSPS) is 13.4. The summed E-state index contributed by atoms with van der Waals surface area (Å²) in [4.78, 5) is 3.52. The van der Waals surface area contributed by atoms with Gasteiger partial charge in [0, 0.05) is 18.4 Å². The highest BCUT2D eigenvalue weighted by Gasteiger charge is 2.32. The molecule has 1 aromatic rings. The van der Waals surface area contributed by atoms with Crippen LogP contribution in [-0.4, -0.2) is 34.7 Å². The minimum Gasteiger partial charge on any atom is -0.396 e. The Kier molecular flexibility index (Phi) is 5.74. The molecular formula is C11H15F3N2OS. The van der Waals surface area contributed by atoms with Crippen molar-refractivity contribution in [2.45, 2.75) is 18.6 Å². The van der Waals surface area contributed by atoms with Gasteiger partial charge >= 0.3 is 6.18 Å². The van der Waals surface area contributed by atoms with Gasteiger partial charge in [-0.05, 0) is 24.8 Å². The number of aromatic nitrogens is 1. The van der Waals surface area contributed by atoms with Gasteiger partial charge in [-0.2, -0.15) is 24.9 Å². The SMILES string of the molecule is CSC[C@H](CCO)Nc1cccc(C(F)(F)F)n1. The molecule has 0 aliphatic carbocycles. The van der Waals surface area contributed by atoms with Crippen LogP contribution in [0.5, 0.6) is 0 Å². The standard InChI is InChI=1S/C11H15F3N2OS/c1-18-7-8(5-6-17)15-10-4-2-3-9(16-10)11(12,13)14/h2-4,8,17H,5-7H2,1H3,(H,15,16)/t8-/m0/s1. The van der Waals surface area contributed by atoms with Gasteiger partial charge in [0.1, 0.15) is 11.5 Å². The van der Waals surface area contributed by atoms with Crippen LogP contribution in [0.2, 0.25) is 0 Å². The Morgan fingerprint density at radius 1 is 1.44 bits per heavy atom. The van der Waals surface area contributed by atoms with Crippen LogP contribution in [0.15, 0.2) is 18.2 Å². The Bertz CT molecular complexity index is 368. The first-order valence-corrected chi connectivity index (χ1v) is 6.77. The van der Waals surface area contributed by atoms with E-state index in [1.54, 1.807) is 11.8 Å². The van der Waals surface area contributed by atoms with Crippen LogP contribution in [0, 0.1) is 0 Å². The highest BCUT2D eigenvalue weighted by Crippen LogP contribution is 2.28. The van der Waals surface area contributed by atoms with Gasteiger partial charge in [-0.1, -0.05) is 6.07 Å². The van der Waals surface area contributed by atoms with Crippen molar-refractivity contribution in [1.29, 1.82) is 0 Å². The molecule has 3 nitrogen and oxygen atoms in total. The topological polar surface area (TPSA) is 45.1 Å². The molecule has 7 heteroatoms. The number of halogens is 3. The van der Waals surface area contributed by atoms with E-state index in [-0.39, 0.29) is 18.5 Å². The fraction of sp³-hybridized carbons (Fsp3) is 0.545. The molecule has 0 aliphatic heterocycles. The second-order valence-corrected chi connectivity index (χ2v) is 4.63. The van der Waals surface area contributed by atoms with Crippen LogP contribution in [0.1, 0.15) is 12.1 Å². The lowest BCUT2D eigenvalue weighted by molar-refractivity contribution is -0.141. The second kappa shape index (κ2) is 6.84. The smallest absolute Gasteiger partial charge is 0.396 e. The highest BCUT2D eigenvalue weighted by molar-refractivity contribution is 7.98. The number of hydrogen-bond donors (Lipinski definition) is 2. The fourth-order valence-electron chi connectivity index (χ4n) is 1.44. The first-order chi connectivity index (χ1) is 8.47. The monoisotopic (exact) mass is 280 g/mol. The van der Waals surface area contributed by atoms with Crippen molar-refractivity contribution in [3.05, 3.63) is 23.9 Å². The summed E-state index contributed by atoms with van der Waals surface area (Å²) in [5.41, 5.74) is -0.917. The first kappa shape index (κ1) is 15.1. The van der Waals surface area contributed by atoms with Crippen LogP contribution in [0.25, 0.3) is 0 Å². The van der Waals surface area contributed by atoms with Crippen LogP contribution in [0.4, 0.5) is 19.0 Å². The number of nitrogens with zero attached hydrogens (tertiary/aromatic N) is 1. The molecule has 102 valence electrons. The Morgan fingerprint density at radius 3 is 2.72 bits per heavy atom. The van der Waals surface area contributed by atoms with Gasteiger partial charge in [-0.3, -0.25) is 0 Å². The average molecular weight is 280 g/mol. The van der Waals surface area contributed by atoms with Gasteiger partial charge < -0.3 is 10.4 Å². The van der Waals surface area contributed by atoms with E-state index in [0.29, 0.717) is 12.2 Å². The van der Waals surface area contributed by atoms with Crippen LogP contribution >= 0.6 is 11.8 Å². The van der Waals surface area contributed by atoms with Crippen molar-refractivity contribution < 1.29 is 18.3 Å². The minimum absolute atomic E-state index is 0.0167. The maximum atomic E-state index is 12.5. The predicted molar refractivity (Wildman–Crippen MR) is 66.7 cm³/mol. The third kappa shape index (κ3) is 4.73. The number of aliphatic hydroxyl groups is 1. The van der Waals surface area contributed by atoms with Gasteiger partial charge in [0.2, 0.25) is 0 Å². The number of pyridine rings is 1. The van der Waals surface area contributed by atoms with Crippen molar-refractivity contribution in [2.24, 2.45) is 0 Å². The largest absolute Gasteiger partial charge is 0.433 e. The molecular weight excluding hydrogens is 265 g/mol. The van der Waals surface area contributed by atoms with Crippen LogP contribution < -0.4 is 5.32 Å². The van der Waals surface area contributed by atoms with E-state index in [0.717, 1.165) is 6.07 Å². The quantitative estimate of drug-likeness (QED) is 0.841. The number of alkyl halides is 3. The van der Waals surface area contributed by atoms with E-state index in [9.17, 15) is 13.2 Å². The summed E-state index contributed by atoms with van der Waals surface area (Å²) in [7, 11) is 0. The van der Waals surface area contributed by atoms with Crippen molar-refractivity contribution >= 4 is 17.6 Å². The summed E-state index contributed by atoms with van der Waals surface area (Å²) in [6.45, 7) is -0.0167. The van der Waals surface area contributed by atoms with Gasteiger partial charge in [-0.15, -0.1) is 0 Å². The van der Waals surface area contributed by atoms with E-state index >= 15 is 0 Å². The predicted octanol–water partition coefficient (Wildman–Crippen LogP) is 2.63. The zero-order valence-electron chi connectivity index (χ0n) is 9.87. The molecule has 1 rings (SSSR count). The molecule has 0 amide bonds. The molecule has 1 atom stereocenters. The summed E-state index contributed by atoms with van der Waals surface area (Å²) >= 11 is 1.56. The van der Waals surface area contributed by atoms with Crippen molar-refractivity contribution in [3.63, 3.8) is 0 Å². The molecule has 0 unspecified atom stereocenters. The van der Waals surface area contributed by atoms with Gasteiger partial charge in [0.05, 0.1) is 0 Å². The summed E-state index contributed by atoms with van der Waals surface area (Å²) in [5.74, 6) is 0.871. The zero-order chi connectivity index (χ0) is 13.6. The van der Waals surface area contributed by atoms with Crippen LogP contribution in [-0.2, 0) is 6.18 Å². The molecule has 1 aromatic heterocycles.